The minimum absolute atomic E-state index is 0.000274. The minimum atomic E-state index is -3.98. The van der Waals surface area contributed by atoms with Crippen LogP contribution in [0.1, 0.15) is 17.2 Å². The van der Waals surface area contributed by atoms with E-state index in [0.29, 0.717) is 0 Å². The van der Waals surface area contributed by atoms with Crippen molar-refractivity contribution in [2.45, 2.75) is 10.9 Å². The Morgan fingerprint density at radius 1 is 0.906 bits per heavy atom. The van der Waals surface area contributed by atoms with Crippen LogP contribution in [0, 0.1) is 5.82 Å². The Morgan fingerprint density at radius 3 is 2.09 bits per heavy atom. The Kier molecular flexibility index (Phi) is 5.37. The van der Waals surface area contributed by atoms with E-state index < -0.39 is 39.3 Å². The average Bonchev–Trinajstić information content (AvgIpc) is 3.04. The Bertz CT molecular complexity index is 1350. The van der Waals surface area contributed by atoms with Crippen molar-refractivity contribution in [3.8, 4) is 0 Å². The number of Topliss-reactive ketones (excluding diaryl/α,β-unsaturated/α-hetero) is 1. The summed E-state index contributed by atoms with van der Waals surface area (Å²) in [5, 5.41) is 16.0. The molecule has 4 rings (SSSR count). The molecule has 7 nitrogen and oxygen atoms in total. The normalized spacial score (nSPS) is 18.2. The van der Waals surface area contributed by atoms with E-state index in [9.17, 15) is 27.5 Å². The highest BCUT2D eigenvalue weighted by molar-refractivity contribution is 7.89. The van der Waals surface area contributed by atoms with Gasteiger partial charge in [0, 0.05) is 16.8 Å². The number of ketones is 1. The molecule has 0 bridgehead atoms. The van der Waals surface area contributed by atoms with Crippen LogP contribution in [0.15, 0.2) is 89.3 Å². The summed E-state index contributed by atoms with van der Waals surface area (Å²) < 4.78 is 37.9. The summed E-state index contributed by atoms with van der Waals surface area (Å²) in [6.07, 6.45) is 0. The molecule has 3 aromatic rings. The molecule has 1 aliphatic heterocycles. The molecule has 1 aliphatic rings. The van der Waals surface area contributed by atoms with E-state index in [-0.39, 0.29) is 27.3 Å². The number of benzene rings is 3. The first-order valence-electron chi connectivity index (χ1n) is 9.44. The van der Waals surface area contributed by atoms with Crippen LogP contribution in [-0.4, -0.2) is 25.2 Å². The predicted molar refractivity (Wildman–Crippen MR) is 115 cm³/mol. The van der Waals surface area contributed by atoms with Crippen LogP contribution in [0.2, 0.25) is 0 Å². The Balaban J connectivity index is 1.94. The van der Waals surface area contributed by atoms with Gasteiger partial charge in [-0.3, -0.25) is 14.5 Å². The lowest BCUT2D eigenvalue weighted by molar-refractivity contribution is -0.132. The summed E-state index contributed by atoms with van der Waals surface area (Å²) in [6, 6.07) is 17.4. The largest absolute Gasteiger partial charge is 0.507 e. The van der Waals surface area contributed by atoms with Crippen LogP contribution in [0.5, 0.6) is 0 Å². The van der Waals surface area contributed by atoms with Crippen molar-refractivity contribution < 1.29 is 27.5 Å². The summed E-state index contributed by atoms with van der Waals surface area (Å²) in [5.74, 6) is -3.10. The summed E-state index contributed by atoms with van der Waals surface area (Å²) in [7, 11) is -3.98. The van der Waals surface area contributed by atoms with Crippen molar-refractivity contribution in [1.82, 2.24) is 0 Å². The van der Waals surface area contributed by atoms with Gasteiger partial charge in [-0.25, -0.2) is 17.9 Å². The third-order valence-corrected chi connectivity index (χ3v) is 6.06. The van der Waals surface area contributed by atoms with Crippen LogP contribution < -0.4 is 10.0 Å². The lowest BCUT2D eigenvalue weighted by atomic mass is 9.95. The van der Waals surface area contributed by atoms with Gasteiger partial charge in [-0.05, 0) is 30.3 Å². The number of carbonyl (C=O) groups excluding carboxylic acids is 2. The SMILES string of the molecule is NS(=O)(=O)c1ccc(N2C(=O)C(=O)/C(=C(/O)c3ccccc3)[C@@H]2c2ccccc2F)cc1. The summed E-state index contributed by atoms with van der Waals surface area (Å²) in [5.41, 5.74) is 0.151. The molecule has 1 heterocycles. The third kappa shape index (κ3) is 3.68. The van der Waals surface area contributed by atoms with Gasteiger partial charge in [0.1, 0.15) is 11.6 Å². The zero-order valence-corrected chi connectivity index (χ0v) is 17.3. The molecule has 0 unspecified atom stereocenters. The number of nitrogens with two attached hydrogens (primary N) is 1. The number of nitrogens with zero attached hydrogens (tertiary/aromatic N) is 1. The number of hydrogen-bond donors (Lipinski definition) is 2. The number of sulfonamides is 1. The molecule has 32 heavy (non-hydrogen) atoms. The number of anilines is 1. The first-order valence-corrected chi connectivity index (χ1v) is 11.0. The molecular formula is C23H17FN2O5S. The molecule has 3 N–H and O–H groups in total. The van der Waals surface area contributed by atoms with Crippen molar-refractivity contribution in [1.29, 1.82) is 0 Å². The second kappa shape index (κ2) is 8.03. The van der Waals surface area contributed by atoms with Crippen LogP contribution >= 0.6 is 0 Å². The maximum Gasteiger partial charge on any atom is 0.300 e. The molecule has 0 saturated carbocycles. The molecule has 1 saturated heterocycles. The van der Waals surface area contributed by atoms with E-state index >= 15 is 0 Å². The molecule has 1 fully saturated rings. The van der Waals surface area contributed by atoms with E-state index in [0.717, 1.165) is 4.90 Å². The zero-order chi connectivity index (χ0) is 23.0. The molecular weight excluding hydrogens is 435 g/mol. The summed E-state index contributed by atoms with van der Waals surface area (Å²) in [4.78, 5) is 26.8. The van der Waals surface area contributed by atoms with E-state index in [2.05, 4.69) is 0 Å². The fourth-order valence-corrected chi connectivity index (χ4v) is 4.15. The van der Waals surface area contributed by atoms with Crippen molar-refractivity contribution in [2.75, 3.05) is 4.90 Å². The van der Waals surface area contributed by atoms with Gasteiger partial charge in [-0.1, -0.05) is 48.5 Å². The van der Waals surface area contributed by atoms with E-state index in [4.69, 9.17) is 5.14 Å². The third-order valence-electron chi connectivity index (χ3n) is 5.13. The zero-order valence-electron chi connectivity index (χ0n) is 16.5. The standard InChI is InChI=1S/C23H17FN2O5S/c24-18-9-5-4-8-17(18)20-19(21(27)14-6-2-1-3-7-14)22(28)23(29)26(20)15-10-12-16(13-11-15)32(25,30)31/h1-13,20,27H,(H2,25,30,31)/b21-19+/t20-/m0/s1. The molecule has 0 spiro atoms. The molecule has 1 amide bonds. The maximum absolute atomic E-state index is 14.8. The Morgan fingerprint density at radius 2 is 1.50 bits per heavy atom. The van der Waals surface area contributed by atoms with Gasteiger partial charge in [-0.2, -0.15) is 0 Å². The van der Waals surface area contributed by atoms with E-state index in [1.54, 1.807) is 36.4 Å². The fraction of sp³-hybridized carbons (Fsp3) is 0.0435. The van der Waals surface area contributed by atoms with Crippen molar-refractivity contribution in [2.24, 2.45) is 5.14 Å². The molecule has 3 aromatic carbocycles. The smallest absolute Gasteiger partial charge is 0.300 e. The van der Waals surface area contributed by atoms with Gasteiger partial charge in [-0.15, -0.1) is 0 Å². The minimum Gasteiger partial charge on any atom is -0.507 e. The quantitative estimate of drug-likeness (QED) is 0.358. The number of hydrogen-bond acceptors (Lipinski definition) is 5. The highest BCUT2D eigenvalue weighted by atomic mass is 32.2. The van der Waals surface area contributed by atoms with Crippen LogP contribution in [0.25, 0.3) is 5.76 Å². The number of carbonyl (C=O) groups is 2. The molecule has 162 valence electrons. The monoisotopic (exact) mass is 452 g/mol. The van der Waals surface area contributed by atoms with Crippen molar-refractivity contribution >= 4 is 33.2 Å². The molecule has 0 radical (unpaired) electrons. The topological polar surface area (TPSA) is 118 Å². The van der Waals surface area contributed by atoms with Gasteiger partial charge >= 0.3 is 0 Å². The van der Waals surface area contributed by atoms with E-state index in [1.807, 2.05) is 0 Å². The lowest BCUT2D eigenvalue weighted by Gasteiger charge is -2.25. The maximum atomic E-state index is 14.8. The molecule has 9 heteroatoms. The fourth-order valence-electron chi connectivity index (χ4n) is 3.64. The molecule has 1 atom stereocenters. The van der Waals surface area contributed by atoms with Gasteiger partial charge in [0.25, 0.3) is 11.7 Å². The highest BCUT2D eigenvalue weighted by Gasteiger charge is 2.47. The number of rotatable bonds is 4. The van der Waals surface area contributed by atoms with Gasteiger partial charge in [0.2, 0.25) is 10.0 Å². The second-order valence-corrected chi connectivity index (χ2v) is 8.66. The predicted octanol–water partition coefficient (Wildman–Crippen LogP) is 3.10. The van der Waals surface area contributed by atoms with Gasteiger partial charge in [0.05, 0.1) is 16.5 Å². The summed E-state index contributed by atoms with van der Waals surface area (Å²) >= 11 is 0. The number of halogens is 1. The molecule has 0 aliphatic carbocycles. The Labute approximate surface area is 183 Å². The number of aliphatic hydroxyl groups is 1. The highest BCUT2D eigenvalue weighted by Crippen LogP contribution is 2.42. The van der Waals surface area contributed by atoms with Gasteiger partial charge < -0.3 is 5.11 Å². The first-order chi connectivity index (χ1) is 15.2. The number of aliphatic hydroxyl groups excluding tert-OH is 1. The number of primary sulfonamides is 1. The van der Waals surface area contributed by atoms with Crippen LogP contribution in [0.3, 0.4) is 0 Å². The van der Waals surface area contributed by atoms with Crippen molar-refractivity contribution in [3.63, 3.8) is 0 Å². The lowest BCUT2D eigenvalue weighted by Crippen LogP contribution is -2.30. The second-order valence-electron chi connectivity index (χ2n) is 7.10. The average molecular weight is 452 g/mol. The van der Waals surface area contributed by atoms with E-state index in [1.165, 1.54) is 42.5 Å². The Hall–Kier alpha value is -3.82. The van der Waals surface area contributed by atoms with Crippen molar-refractivity contribution in [3.05, 3.63) is 101 Å². The van der Waals surface area contributed by atoms with Crippen LogP contribution in [-0.2, 0) is 19.6 Å². The summed E-state index contributed by atoms with van der Waals surface area (Å²) in [6.45, 7) is 0. The van der Waals surface area contributed by atoms with Gasteiger partial charge in [0.15, 0.2) is 0 Å². The number of amides is 1. The van der Waals surface area contributed by atoms with Crippen LogP contribution in [0.4, 0.5) is 10.1 Å². The first kappa shape index (κ1) is 21.4. The molecule has 0 aromatic heterocycles.